The molecule has 322 valence electrons. The highest BCUT2D eigenvalue weighted by Gasteiger charge is 2.53. The number of nitrogens with zero attached hydrogens (tertiary/aromatic N) is 9. The zero-order valence-corrected chi connectivity index (χ0v) is 34.2. The number of ether oxygens (including phenoxy) is 2. The second kappa shape index (κ2) is 14.5. The third-order valence-corrected chi connectivity index (χ3v) is 14.5. The number of carbonyl (C=O) groups is 1. The second-order valence-electron chi connectivity index (χ2n) is 16.9. The maximum Gasteiger partial charge on any atom is 0.435 e. The van der Waals surface area contributed by atoms with Crippen molar-refractivity contribution in [3.63, 3.8) is 0 Å². The summed E-state index contributed by atoms with van der Waals surface area (Å²) in [5.74, 6) is -1.51. The predicted octanol–water partition coefficient (Wildman–Crippen LogP) is 8.07. The lowest BCUT2D eigenvalue weighted by molar-refractivity contribution is -0.141. The monoisotopic (exact) mass is 896 g/mol. The molecule has 0 aliphatic carbocycles. The van der Waals surface area contributed by atoms with Crippen LogP contribution in [0.25, 0.3) is 32.1 Å². The average molecular weight is 897 g/mol. The van der Waals surface area contributed by atoms with Gasteiger partial charge in [-0.05, 0) is 49.9 Å². The standard InChI is InChI=1S/C41H35ClF6N10O3S/c42-30-28(23-2-3-25(44)34-27(23)24(14-50)35(51)62-34)31(45)32-29-33(30)61-22(5-9-49)12-21-4-8-39(16-55(17-39)38(59)58-11-6-26(54-58)41(46,47)48)18-57(21)36(29)53-37(52-32)60-19-40-7-1-10-56(40)15-20(43)13-40/h2-3,6,11,20-22H,1,4-5,7-8,10,12-13,15-19,51H2/t20-,21-,22?,40+/m1/s1. The van der Waals surface area contributed by atoms with Crippen LogP contribution in [0.5, 0.6) is 11.8 Å². The first-order valence-electron chi connectivity index (χ1n) is 20.0. The number of alkyl halides is 4. The molecule has 2 N–H and O–H groups in total. The number of amides is 1. The third-order valence-electron chi connectivity index (χ3n) is 13.1. The van der Waals surface area contributed by atoms with Gasteiger partial charge < -0.3 is 25.0 Å². The van der Waals surface area contributed by atoms with E-state index in [1.807, 2.05) is 11.0 Å². The molecule has 1 spiro atoms. The van der Waals surface area contributed by atoms with E-state index in [9.17, 15) is 32.9 Å². The number of piperidine rings is 1. The Morgan fingerprint density at radius 1 is 1.13 bits per heavy atom. The number of halogens is 7. The normalized spacial score (nSPS) is 24.2. The molecular formula is C41H35ClF6N10O3S. The Hall–Kier alpha value is -5.57. The smallest absolute Gasteiger partial charge is 0.435 e. The van der Waals surface area contributed by atoms with Crippen LogP contribution in [0.1, 0.15) is 56.2 Å². The number of anilines is 2. The van der Waals surface area contributed by atoms with Crippen LogP contribution in [-0.4, -0.2) is 98.8 Å². The molecule has 10 rings (SSSR count). The summed E-state index contributed by atoms with van der Waals surface area (Å²) in [7, 11) is 0. The van der Waals surface area contributed by atoms with Crippen molar-refractivity contribution in [2.24, 2.45) is 5.41 Å². The molecule has 3 aromatic heterocycles. The summed E-state index contributed by atoms with van der Waals surface area (Å²) < 4.78 is 101. The molecule has 21 heteroatoms. The van der Waals surface area contributed by atoms with Crippen LogP contribution in [0, 0.1) is 39.7 Å². The summed E-state index contributed by atoms with van der Waals surface area (Å²) >= 11 is 8.05. The van der Waals surface area contributed by atoms with Crippen LogP contribution in [0.3, 0.4) is 0 Å². The van der Waals surface area contributed by atoms with Crippen LogP contribution in [0.2, 0.25) is 5.02 Å². The number of fused-ring (bicyclic) bond motifs is 4. The van der Waals surface area contributed by atoms with E-state index in [1.54, 1.807) is 0 Å². The van der Waals surface area contributed by atoms with E-state index in [1.165, 1.54) is 11.0 Å². The highest BCUT2D eigenvalue weighted by molar-refractivity contribution is 7.23. The van der Waals surface area contributed by atoms with Gasteiger partial charge in [-0.3, -0.25) is 4.90 Å². The van der Waals surface area contributed by atoms with Gasteiger partial charge in [-0.25, -0.2) is 18.0 Å². The molecule has 4 saturated heterocycles. The lowest BCUT2D eigenvalue weighted by Gasteiger charge is -2.57. The van der Waals surface area contributed by atoms with E-state index in [0.29, 0.717) is 36.9 Å². The number of nitriles is 2. The molecular weight excluding hydrogens is 862 g/mol. The molecule has 5 aliphatic heterocycles. The van der Waals surface area contributed by atoms with Gasteiger partial charge in [0.25, 0.3) is 0 Å². The van der Waals surface area contributed by atoms with E-state index in [0.717, 1.165) is 36.1 Å². The molecule has 4 atom stereocenters. The van der Waals surface area contributed by atoms with Crippen LogP contribution in [-0.2, 0) is 6.18 Å². The van der Waals surface area contributed by atoms with Gasteiger partial charge in [-0.2, -0.15) is 43.4 Å². The van der Waals surface area contributed by atoms with Gasteiger partial charge in [0, 0.05) is 67.6 Å². The molecule has 2 aromatic carbocycles. The topological polar surface area (TPSA) is 162 Å². The van der Waals surface area contributed by atoms with E-state index >= 15 is 8.78 Å². The average Bonchev–Trinajstić information content (AvgIpc) is 4.00. The van der Waals surface area contributed by atoms with Crippen molar-refractivity contribution in [1.82, 2.24) is 29.5 Å². The van der Waals surface area contributed by atoms with Crippen molar-refractivity contribution >= 4 is 60.8 Å². The summed E-state index contributed by atoms with van der Waals surface area (Å²) in [6.07, 6.45) is -2.51. The molecule has 1 amide bonds. The Labute approximate surface area is 358 Å². The predicted molar refractivity (Wildman–Crippen MR) is 215 cm³/mol. The molecule has 1 unspecified atom stereocenters. The summed E-state index contributed by atoms with van der Waals surface area (Å²) in [5.41, 5.74) is 3.20. The Morgan fingerprint density at radius 3 is 2.68 bits per heavy atom. The van der Waals surface area contributed by atoms with Crippen LogP contribution in [0.4, 0.5) is 42.0 Å². The van der Waals surface area contributed by atoms with Gasteiger partial charge >= 0.3 is 18.2 Å². The van der Waals surface area contributed by atoms with Crippen molar-refractivity contribution in [2.45, 2.75) is 75.0 Å². The zero-order valence-electron chi connectivity index (χ0n) is 32.6. The molecule has 13 nitrogen and oxygen atoms in total. The maximum atomic E-state index is 17.8. The molecule has 4 fully saturated rings. The van der Waals surface area contributed by atoms with E-state index in [-0.39, 0.29) is 117 Å². The van der Waals surface area contributed by atoms with Crippen LogP contribution < -0.4 is 20.1 Å². The quantitative estimate of drug-likeness (QED) is 0.170. The van der Waals surface area contributed by atoms with E-state index < -0.39 is 52.8 Å². The molecule has 5 aromatic rings. The first-order valence-corrected chi connectivity index (χ1v) is 21.2. The van der Waals surface area contributed by atoms with Crippen LogP contribution >= 0.6 is 22.9 Å². The van der Waals surface area contributed by atoms with Gasteiger partial charge in [-0.15, -0.1) is 11.3 Å². The van der Waals surface area contributed by atoms with Gasteiger partial charge in [0.1, 0.15) is 47.1 Å². The molecule has 5 aliphatic rings. The van der Waals surface area contributed by atoms with Crippen molar-refractivity contribution in [1.29, 1.82) is 10.5 Å². The highest BCUT2D eigenvalue weighted by Crippen LogP contribution is 2.53. The molecule has 0 saturated carbocycles. The minimum atomic E-state index is -4.73. The van der Waals surface area contributed by atoms with Crippen LogP contribution in [0.15, 0.2) is 24.4 Å². The zero-order chi connectivity index (χ0) is 43.5. The number of likely N-dealkylation sites (tertiary alicyclic amines) is 1. The number of benzene rings is 2. The maximum absolute atomic E-state index is 17.8. The molecule has 62 heavy (non-hydrogen) atoms. The summed E-state index contributed by atoms with van der Waals surface area (Å²) in [4.78, 5) is 28.3. The molecule has 8 heterocycles. The Kier molecular flexibility index (Phi) is 9.47. The van der Waals surface area contributed by atoms with E-state index in [4.69, 9.17) is 31.8 Å². The Morgan fingerprint density at radius 2 is 1.94 bits per heavy atom. The highest BCUT2D eigenvalue weighted by atomic mass is 35.5. The summed E-state index contributed by atoms with van der Waals surface area (Å²) in [5, 5.41) is 23.4. The molecule has 0 bridgehead atoms. The van der Waals surface area contributed by atoms with Gasteiger partial charge in [0.15, 0.2) is 17.3 Å². The first-order chi connectivity index (χ1) is 29.6. The van der Waals surface area contributed by atoms with Crippen molar-refractivity contribution in [2.75, 3.05) is 50.0 Å². The number of hydrogen-bond donors (Lipinski definition) is 1. The largest absolute Gasteiger partial charge is 0.487 e. The van der Waals surface area contributed by atoms with Gasteiger partial charge in [0.2, 0.25) is 0 Å². The van der Waals surface area contributed by atoms with Crippen molar-refractivity contribution < 1.29 is 40.6 Å². The fourth-order valence-corrected chi connectivity index (χ4v) is 11.6. The summed E-state index contributed by atoms with van der Waals surface area (Å²) in [6.45, 7) is 1.56. The fourth-order valence-electron chi connectivity index (χ4n) is 10.3. The lowest BCUT2D eigenvalue weighted by atomic mass is 9.71. The number of thiophene rings is 1. The Bertz CT molecular complexity index is 2780. The number of nitrogens with two attached hydrogens (primary N) is 1. The molecule has 0 radical (unpaired) electrons. The van der Waals surface area contributed by atoms with Crippen molar-refractivity contribution in [3.8, 4) is 35.0 Å². The minimum absolute atomic E-state index is 0.0105. The first kappa shape index (κ1) is 40.5. The summed E-state index contributed by atoms with van der Waals surface area (Å²) in [6, 6.07) is 6.04. The minimum Gasteiger partial charge on any atom is -0.487 e. The van der Waals surface area contributed by atoms with Gasteiger partial charge in [-0.1, -0.05) is 17.7 Å². The number of carbonyl (C=O) groups excluding carboxylic acids is 1. The number of hydrogen-bond acceptors (Lipinski definition) is 12. The lowest BCUT2D eigenvalue weighted by Crippen LogP contribution is -2.66. The Balaban J connectivity index is 1.12. The van der Waals surface area contributed by atoms with E-state index in [2.05, 4.69) is 21.1 Å². The fraction of sp³-hybridized carbons (Fsp3) is 0.463. The number of aromatic nitrogens is 4. The van der Waals surface area contributed by atoms with Crippen molar-refractivity contribution in [3.05, 3.63) is 52.3 Å². The number of nitrogen functional groups attached to an aromatic ring is 1. The number of rotatable bonds is 5. The second-order valence-corrected chi connectivity index (χ2v) is 18.4. The SMILES string of the molecule is N#CCC1C[C@H]2CCC3(CN(C(=O)n4ccc(C(F)(F)F)n4)C3)CN2c2nc(OC[C@@]34CCCN3C[C@H](F)C4)nc3c(F)c(-c4ccc(F)c5sc(N)c(C#N)c45)c(Cl)c(c23)O1. The third kappa shape index (κ3) is 6.35. The van der Waals surface area contributed by atoms with Gasteiger partial charge in [0.05, 0.1) is 38.7 Å².